The van der Waals surface area contributed by atoms with Gasteiger partial charge in [-0.3, -0.25) is 9.48 Å². The van der Waals surface area contributed by atoms with Crippen molar-refractivity contribution in [3.8, 4) is 11.3 Å². The van der Waals surface area contributed by atoms with Gasteiger partial charge in [0.2, 0.25) is 5.91 Å². The fourth-order valence-electron chi connectivity index (χ4n) is 3.28. The Kier molecular flexibility index (Phi) is 4.27. The maximum absolute atomic E-state index is 12.1. The van der Waals surface area contributed by atoms with Gasteiger partial charge in [0.25, 0.3) is 0 Å². The minimum Gasteiger partial charge on any atom is -0.462 e. The fraction of sp³-hybridized carbons (Fsp3) is 0.250. The van der Waals surface area contributed by atoms with E-state index in [1.807, 2.05) is 24.3 Å². The molecule has 138 valence electrons. The Labute approximate surface area is 155 Å². The minimum atomic E-state index is -0.346. The molecule has 1 atom stereocenters. The number of aryl methyl sites for hydroxylation is 1. The van der Waals surface area contributed by atoms with Crippen LogP contribution >= 0.6 is 0 Å². The molecule has 3 aromatic rings. The average molecular weight is 365 g/mol. The molecule has 0 spiro atoms. The lowest BCUT2D eigenvalue weighted by atomic mass is 9.92. The van der Waals surface area contributed by atoms with Crippen LogP contribution in [0.5, 0.6) is 0 Å². The Balaban J connectivity index is 1.61. The zero-order chi connectivity index (χ0) is 19.0. The van der Waals surface area contributed by atoms with Crippen LogP contribution in [0.2, 0.25) is 0 Å². The van der Waals surface area contributed by atoms with Gasteiger partial charge in [-0.05, 0) is 31.2 Å². The molecule has 1 amide bonds. The second-order valence-corrected chi connectivity index (χ2v) is 6.38. The van der Waals surface area contributed by atoms with E-state index in [2.05, 4.69) is 10.4 Å². The van der Waals surface area contributed by atoms with Gasteiger partial charge in [0.15, 0.2) is 0 Å². The van der Waals surface area contributed by atoms with Gasteiger partial charge in [-0.15, -0.1) is 0 Å². The van der Waals surface area contributed by atoms with Gasteiger partial charge in [0.1, 0.15) is 17.3 Å². The SMILES string of the molecule is CCOC(=O)c1ccc(-c2ccc([C@@H]3CC(=O)Nc4c3cnn4C)o2)cc1. The smallest absolute Gasteiger partial charge is 0.338 e. The molecule has 1 aromatic carbocycles. The number of rotatable bonds is 4. The van der Waals surface area contributed by atoms with Crippen molar-refractivity contribution in [1.29, 1.82) is 0 Å². The zero-order valence-electron chi connectivity index (χ0n) is 15.1. The summed E-state index contributed by atoms with van der Waals surface area (Å²) in [5.41, 5.74) is 2.29. The predicted octanol–water partition coefficient (Wildman–Crippen LogP) is 3.33. The standard InChI is InChI=1S/C20H19N3O4/c1-3-26-20(25)13-6-4-12(5-7-13)16-8-9-17(27-16)14-10-18(24)22-19-15(14)11-21-23(19)2/h4-9,11,14H,3,10H2,1-2H3,(H,22,24)/t14-/m1/s1. The number of carbonyl (C=O) groups excluding carboxylic acids is 2. The average Bonchev–Trinajstić information content (AvgIpc) is 3.29. The number of aromatic nitrogens is 2. The molecule has 0 aliphatic carbocycles. The van der Waals surface area contributed by atoms with Crippen molar-refractivity contribution in [3.05, 3.63) is 59.5 Å². The molecule has 4 rings (SSSR count). The number of amides is 1. The lowest BCUT2D eigenvalue weighted by molar-refractivity contribution is -0.116. The van der Waals surface area contributed by atoms with Gasteiger partial charge in [0, 0.05) is 24.6 Å². The van der Waals surface area contributed by atoms with Crippen LogP contribution in [0.25, 0.3) is 11.3 Å². The molecule has 7 nitrogen and oxygen atoms in total. The van der Waals surface area contributed by atoms with Crippen LogP contribution in [0, 0.1) is 0 Å². The van der Waals surface area contributed by atoms with E-state index in [0.717, 1.165) is 11.1 Å². The molecule has 3 heterocycles. The van der Waals surface area contributed by atoms with Crippen molar-refractivity contribution in [3.63, 3.8) is 0 Å². The first-order valence-corrected chi connectivity index (χ1v) is 8.76. The molecule has 1 N–H and O–H groups in total. The van der Waals surface area contributed by atoms with Crippen LogP contribution in [-0.4, -0.2) is 28.3 Å². The monoisotopic (exact) mass is 365 g/mol. The van der Waals surface area contributed by atoms with Crippen molar-refractivity contribution in [2.24, 2.45) is 7.05 Å². The van der Waals surface area contributed by atoms with E-state index >= 15 is 0 Å². The Hall–Kier alpha value is -3.35. The number of nitrogens with one attached hydrogen (secondary N) is 1. The van der Waals surface area contributed by atoms with Gasteiger partial charge in [-0.2, -0.15) is 5.10 Å². The third kappa shape index (κ3) is 3.12. The van der Waals surface area contributed by atoms with E-state index in [1.54, 1.807) is 37.0 Å². The summed E-state index contributed by atoms with van der Waals surface area (Å²) < 4.78 is 12.7. The summed E-state index contributed by atoms with van der Waals surface area (Å²) in [4.78, 5) is 23.8. The largest absolute Gasteiger partial charge is 0.462 e. The van der Waals surface area contributed by atoms with Crippen molar-refractivity contribution in [2.45, 2.75) is 19.3 Å². The van der Waals surface area contributed by atoms with Crippen LogP contribution in [0.15, 0.2) is 47.0 Å². The van der Waals surface area contributed by atoms with Crippen LogP contribution in [0.1, 0.15) is 40.9 Å². The summed E-state index contributed by atoms with van der Waals surface area (Å²) in [5.74, 6) is 1.51. The zero-order valence-corrected chi connectivity index (χ0v) is 15.1. The highest BCUT2D eigenvalue weighted by atomic mass is 16.5. The summed E-state index contributed by atoms with van der Waals surface area (Å²) in [6.45, 7) is 2.11. The first-order chi connectivity index (χ1) is 13.1. The molecule has 0 saturated heterocycles. The molecule has 0 fully saturated rings. The van der Waals surface area contributed by atoms with Crippen molar-refractivity contribution in [1.82, 2.24) is 9.78 Å². The summed E-state index contributed by atoms with van der Waals surface area (Å²) in [7, 11) is 1.79. The van der Waals surface area contributed by atoms with E-state index in [1.165, 1.54) is 0 Å². The number of benzene rings is 1. The van der Waals surface area contributed by atoms with Gasteiger partial charge in [-0.25, -0.2) is 4.79 Å². The third-order valence-corrected chi connectivity index (χ3v) is 4.64. The first kappa shape index (κ1) is 17.1. The van der Waals surface area contributed by atoms with Gasteiger partial charge in [0.05, 0.1) is 24.3 Å². The Bertz CT molecular complexity index is 1000. The molecule has 2 aromatic heterocycles. The topological polar surface area (TPSA) is 86.4 Å². The number of hydrogen-bond donors (Lipinski definition) is 1. The molecule has 0 unspecified atom stereocenters. The first-order valence-electron chi connectivity index (χ1n) is 8.76. The summed E-state index contributed by atoms with van der Waals surface area (Å²) in [5, 5.41) is 7.08. The second kappa shape index (κ2) is 6.75. The molecule has 0 bridgehead atoms. The molecule has 1 aliphatic rings. The van der Waals surface area contributed by atoms with Gasteiger partial charge < -0.3 is 14.5 Å². The predicted molar refractivity (Wildman–Crippen MR) is 98.4 cm³/mol. The van der Waals surface area contributed by atoms with Gasteiger partial charge >= 0.3 is 5.97 Å². The van der Waals surface area contributed by atoms with Crippen LogP contribution in [0.4, 0.5) is 5.82 Å². The molecule has 0 saturated carbocycles. The molecule has 0 radical (unpaired) electrons. The van der Waals surface area contributed by atoms with Gasteiger partial charge in [-0.1, -0.05) is 12.1 Å². The van der Waals surface area contributed by atoms with Crippen LogP contribution in [-0.2, 0) is 16.6 Å². The molecule has 27 heavy (non-hydrogen) atoms. The Morgan fingerprint density at radius 2 is 2.07 bits per heavy atom. The maximum atomic E-state index is 12.1. The number of nitrogens with zero attached hydrogens (tertiary/aromatic N) is 2. The minimum absolute atomic E-state index is 0.0622. The summed E-state index contributed by atoms with van der Waals surface area (Å²) >= 11 is 0. The molecular formula is C20H19N3O4. The van der Waals surface area contributed by atoms with Crippen molar-refractivity contribution < 1.29 is 18.7 Å². The highest BCUT2D eigenvalue weighted by Gasteiger charge is 2.31. The number of esters is 1. The number of fused-ring (bicyclic) bond motifs is 1. The number of carbonyl (C=O) groups is 2. The summed E-state index contributed by atoms with van der Waals surface area (Å²) in [6.07, 6.45) is 2.07. The normalized spacial score (nSPS) is 15.9. The summed E-state index contributed by atoms with van der Waals surface area (Å²) in [6, 6.07) is 10.8. The van der Waals surface area contributed by atoms with E-state index in [-0.39, 0.29) is 17.8 Å². The lowest BCUT2D eigenvalue weighted by Crippen LogP contribution is -2.24. The Morgan fingerprint density at radius 3 is 2.81 bits per heavy atom. The van der Waals surface area contributed by atoms with Crippen molar-refractivity contribution >= 4 is 17.7 Å². The maximum Gasteiger partial charge on any atom is 0.338 e. The van der Waals surface area contributed by atoms with E-state index < -0.39 is 0 Å². The highest BCUT2D eigenvalue weighted by molar-refractivity contribution is 5.94. The molecule has 1 aliphatic heterocycles. The third-order valence-electron chi connectivity index (χ3n) is 4.64. The highest BCUT2D eigenvalue weighted by Crippen LogP contribution is 2.38. The number of hydrogen-bond acceptors (Lipinski definition) is 5. The quantitative estimate of drug-likeness (QED) is 0.717. The van der Waals surface area contributed by atoms with Crippen LogP contribution in [0.3, 0.4) is 0 Å². The molecule has 7 heteroatoms. The van der Waals surface area contributed by atoms with E-state index in [4.69, 9.17) is 9.15 Å². The Morgan fingerprint density at radius 1 is 1.30 bits per heavy atom. The lowest BCUT2D eigenvalue weighted by Gasteiger charge is -2.21. The van der Waals surface area contributed by atoms with Crippen LogP contribution < -0.4 is 5.32 Å². The van der Waals surface area contributed by atoms with Crippen molar-refractivity contribution in [2.75, 3.05) is 11.9 Å². The fourth-order valence-corrected chi connectivity index (χ4v) is 3.28. The number of anilines is 1. The second-order valence-electron chi connectivity index (χ2n) is 6.38. The van der Waals surface area contributed by atoms with E-state index in [9.17, 15) is 9.59 Å². The number of furan rings is 1. The number of ether oxygens (including phenoxy) is 1. The van der Waals surface area contributed by atoms with E-state index in [0.29, 0.717) is 35.9 Å². The molecular weight excluding hydrogens is 346 g/mol.